The van der Waals surface area contributed by atoms with Gasteiger partial charge in [0.1, 0.15) is 17.7 Å². The molecule has 1 aliphatic rings. The van der Waals surface area contributed by atoms with Crippen LogP contribution in [-0.4, -0.2) is 78.8 Å². The smallest absolute Gasteiger partial charge is 0.264 e. The summed E-state index contributed by atoms with van der Waals surface area (Å²) in [7, 11) is -6.67. The lowest BCUT2D eigenvalue weighted by Crippen LogP contribution is -2.50. The van der Waals surface area contributed by atoms with Gasteiger partial charge in [0.2, 0.25) is 0 Å². The van der Waals surface area contributed by atoms with E-state index < -0.39 is 57.5 Å². The Kier molecular flexibility index (Phi) is 6.34. The van der Waals surface area contributed by atoms with Crippen molar-refractivity contribution in [3.05, 3.63) is 10.4 Å². The Morgan fingerprint density at radius 1 is 1.22 bits per heavy atom. The average Bonchev–Trinajstić information content (AvgIpc) is 2.68. The van der Waals surface area contributed by atoms with Crippen molar-refractivity contribution in [2.45, 2.75) is 24.0 Å². The third-order valence-electron chi connectivity index (χ3n) is 2.94. The molecule has 1 N–H and O–H groups in total. The quantitative estimate of drug-likeness (QED) is 0.234. The van der Waals surface area contributed by atoms with E-state index in [1.807, 2.05) is 0 Å². The third-order valence-corrected chi connectivity index (χ3v) is 4.03. The number of methoxy groups -OCH3 is 1. The van der Waals surface area contributed by atoms with Crippen LogP contribution in [0, 0.1) is 0 Å². The molecule has 0 aromatic carbocycles. The fraction of sp³-hybridized carbons (Fsp3) is 1.00. The first-order valence-electron chi connectivity index (χ1n) is 6.06. The zero-order valence-electron chi connectivity index (χ0n) is 12.5. The molecule has 1 fully saturated rings. The first-order chi connectivity index (χ1) is 10.4. The molecule has 1 saturated heterocycles. The molecule has 0 saturated carbocycles. The SMILES string of the molecule is COC1OC(COS(C)(=O)=O)(COS(C)(=O)=O)[C@@H](N=[N+]=[N-])[C@H]1O. The van der Waals surface area contributed by atoms with Crippen molar-refractivity contribution in [2.24, 2.45) is 5.11 Å². The van der Waals surface area contributed by atoms with Crippen LogP contribution in [0.2, 0.25) is 0 Å². The molecule has 0 aliphatic carbocycles. The van der Waals surface area contributed by atoms with E-state index in [2.05, 4.69) is 18.4 Å². The summed E-state index contributed by atoms with van der Waals surface area (Å²) in [6, 6.07) is -1.40. The highest BCUT2D eigenvalue weighted by molar-refractivity contribution is 7.86. The van der Waals surface area contributed by atoms with Crippen molar-refractivity contribution < 1.29 is 39.8 Å². The number of hydrogen-bond donors (Lipinski definition) is 1. The largest absolute Gasteiger partial charge is 0.387 e. The number of hydrogen-bond acceptors (Lipinski definition) is 10. The lowest BCUT2D eigenvalue weighted by atomic mass is 9.95. The van der Waals surface area contributed by atoms with E-state index in [0.29, 0.717) is 0 Å². The van der Waals surface area contributed by atoms with Crippen LogP contribution in [-0.2, 0) is 38.1 Å². The topological polar surface area (TPSA) is 174 Å². The van der Waals surface area contributed by atoms with Gasteiger partial charge < -0.3 is 14.6 Å². The van der Waals surface area contributed by atoms with Crippen LogP contribution in [0.4, 0.5) is 0 Å². The lowest BCUT2D eigenvalue weighted by Gasteiger charge is -2.30. The standard InChI is InChI=1S/C9H17N3O9S2/c1-18-8-6(13)7(11-12-10)9(21-8,4-19-22(2,14)15)5-20-23(3,16)17/h6-8,13H,4-5H2,1-3H3/t6-,7+,8?/m1/s1. The Balaban J connectivity index is 3.21. The first-order valence-corrected chi connectivity index (χ1v) is 9.69. The van der Waals surface area contributed by atoms with Crippen LogP contribution in [0.3, 0.4) is 0 Å². The molecule has 1 unspecified atom stereocenters. The molecule has 134 valence electrons. The molecular weight excluding hydrogens is 358 g/mol. The van der Waals surface area contributed by atoms with Gasteiger partial charge in [-0.3, -0.25) is 8.37 Å². The van der Waals surface area contributed by atoms with Crippen LogP contribution in [0.15, 0.2) is 5.11 Å². The molecule has 0 amide bonds. The van der Waals surface area contributed by atoms with Crippen LogP contribution in [0.25, 0.3) is 10.4 Å². The molecule has 12 nitrogen and oxygen atoms in total. The number of nitrogens with zero attached hydrogens (tertiary/aromatic N) is 3. The molecule has 0 aromatic rings. The van der Waals surface area contributed by atoms with Gasteiger partial charge in [-0.15, -0.1) is 0 Å². The number of rotatable bonds is 8. The highest BCUT2D eigenvalue weighted by Crippen LogP contribution is 2.35. The van der Waals surface area contributed by atoms with Gasteiger partial charge in [-0.05, 0) is 5.53 Å². The molecule has 1 rings (SSSR count). The van der Waals surface area contributed by atoms with Gasteiger partial charge >= 0.3 is 0 Å². The number of ether oxygens (including phenoxy) is 2. The third kappa shape index (κ3) is 5.54. The Morgan fingerprint density at radius 2 is 1.70 bits per heavy atom. The van der Waals surface area contributed by atoms with Gasteiger partial charge in [0.05, 0.1) is 25.7 Å². The summed E-state index contributed by atoms with van der Waals surface area (Å²) in [6.45, 7) is -1.50. The van der Waals surface area contributed by atoms with E-state index in [-0.39, 0.29) is 0 Å². The van der Waals surface area contributed by atoms with E-state index >= 15 is 0 Å². The summed E-state index contributed by atoms with van der Waals surface area (Å²) in [4.78, 5) is 2.54. The first kappa shape index (κ1) is 20.1. The van der Waals surface area contributed by atoms with Gasteiger partial charge in [-0.1, -0.05) is 5.11 Å². The number of azide groups is 1. The maximum Gasteiger partial charge on any atom is 0.264 e. The molecular formula is C9H17N3O9S2. The van der Waals surface area contributed by atoms with Crippen molar-refractivity contribution in [3.8, 4) is 0 Å². The van der Waals surface area contributed by atoms with E-state index in [1.165, 1.54) is 7.11 Å². The number of aliphatic hydroxyl groups excluding tert-OH is 1. The second kappa shape index (κ2) is 7.27. The van der Waals surface area contributed by atoms with E-state index in [0.717, 1.165) is 12.5 Å². The van der Waals surface area contributed by atoms with Crippen LogP contribution in [0.5, 0.6) is 0 Å². The Bertz CT molecular complexity index is 634. The fourth-order valence-electron chi connectivity index (χ4n) is 1.94. The summed E-state index contributed by atoms with van der Waals surface area (Å²) in [5.74, 6) is 0. The summed E-state index contributed by atoms with van der Waals surface area (Å²) in [6.07, 6.45) is -1.25. The van der Waals surface area contributed by atoms with Crippen LogP contribution in [0.1, 0.15) is 0 Å². The minimum Gasteiger partial charge on any atom is -0.387 e. The zero-order chi connectivity index (χ0) is 17.9. The predicted molar refractivity (Wildman–Crippen MR) is 75.1 cm³/mol. The maximum atomic E-state index is 11.2. The van der Waals surface area contributed by atoms with Crippen molar-refractivity contribution in [1.29, 1.82) is 0 Å². The van der Waals surface area contributed by atoms with Gasteiger partial charge in [-0.2, -0.15) is 16.8 Å². The molecule has 0 radical (unpaired) electrons. The normalized spacial score (nSPS) is 27.6. The minimum atomic E-state index is -3.93. The second-order valence-electron chi connectivity index (χ2n) is 4.86. The zero-order valence-corrected chi connectivity index (χ0v) is 14.2. The van der Waals surface area contributed by atoms with E-state index in [4.69, 9.17) is 15.0 Å². The predicted octanol–water partition coefficient (Wildman–Crippen LogP) is -1.28. The van der Waals surface area contributed by atoms with Crippen molar-refractivity contribution in [1.82, 2.24) is 0 Å². The summed E-state index contributed by atoms with van der Waals surface area (Å²) in [5, 5.41) is 13.4. The Morgan fingerprint density at radius 3 is 2.04 bits per heavy atom. The monoisotopic (exact) mass is 375 g/mol. The molecule has 0 aromatic heterocycles. The van der Waals surface area contributed by atoms with Gasteiger partial charge in [0.25, 0.3) is 20.2 Å². The summed E-state index contributed by atoms with van der Waals surface area (Å²) >= 11 is 0. The second-order valence-corrected chi connectivity index (χ2v) is 8.15. The molecule has 14 heteroatoms. The van der Waals surface area contributed by atoms with Crippen LogP contribution >= 0.6 is 0 Å². The summed E-state index contributed by atoms with van der Waals surface area (Å²) in [5.41, 5.74) is 6.75. The molecule has 3 atom stereocenters. The van der Waals surface area contributed by atoms with E-state index in [1.54, 1.807) is 0 Å². The molecule has 23 heavy (non-hydrogen) atoms. The highest BCUT2D eigenvalue weighted by Gasteiger charge is 2.56. The Labute approximate surface area is 133 Å². The summed E-state index contributed by atoms with van der Waals surface area (Å²) < 4.78 is 64.2. The van der Waals surface area contributed by atoms with Crippen molar-refractivity contribution in [2.75, 3.05) is 32.8 Å². The molecule has 0 spiro atoms. The molecule has 1 heterocycles. The van der Waals surface area contributed by atoms with E-state index in [9.17, 15) is 21.9 Å². The van der Waals surface area contributed by atoms with Crippen LogP contribution < -0.4 is 0 Å². The average molecular weight is 375 g/mol. The molecule has 1 aliphatic heterocycles. The minimum absolute atomic E-state index is 0.748. The highest BCUT2D eigenvalue weighted by atomic mass is 32.2. The fourth-order valence-corrected chi connectivity index (χ4v) is 2.77. The maximum absolute atomic E-state index is 11.2. The van der Waals surface area contributed by atoms with Crippen molar-refractivity contribution in [3.63, 3.8) is 0 Å². The van der Waals surface area contributed by atoms with Gasteiger partial charge in [-0.25, -0.2) is 0 Å². The van der Waals surface area contributed by atoms with Gasteiger partial charge in [0.15, 0.2) is 6.29 Å². The molecule has 0 bridgehead atoms. The van der Waals surface area contributed by atoms with Gasteiger partial charge in [0, 0.05) is 12.0 Å². The lowest BCUT2D eigenvalue weighted by molar-refractivity contribution is -0.190. The number of aliphatic hydroxyl groups is 1. The Hall–Kier alpha value is -0.990. The van der Waals surface area contributed by atoms with Crippen molar-refractivity contribution >= 4 is 20.2 Å².